The molecule has 1 aromatic heterocycles. The number of para-hydroxylation sites is 2. The SMILES string of the molecule is CCCCCC(=CC(=O)O)c1nc2ccccc2[nH]1. The molecule has 2 rings (SSSR count). The van der Waals surface area contributed by atoms with Crippen molar-refractivity contribution >= 4 is 22.6 Å². The van der Waals surface area contributed by atoms with Gasteiger partial charge in [0.15, 0.2) is 0 Å². The van der Waals surface area contributed by atoms with Crippen molar-refractivity contribution in [2.45, 2.75) is 32.6 Å². The molecular formula is C15H18N2O2. The smallest absolute Gasteiger partial charge is 0.328 e. The Morgan fingerprint density at radius 3 is 2.84 bits per heavy atom. The highest BCUT2D eigenvalue weighted by Crippen LogP contribution is 2.21. The van der Waals surface area contributed by atoms with E-state index in [4.69, 9.17) is 5.11 Å². The van der Waals surface area contributed by atoms with E-state index in [9.17, 15) is 4.79 Å². The summed E-state index contributed by atoms with van der Waals surface area (Å²) in [7, 11) is 0. The lowest BCUT2D eigenvalue weighted by Gasteiger charge is -2.02. The third-order valence-electron chi connectivity index (χ3n) is 3.04. The van der Waals surface area contributed by atoms with E-state index >= 15 is 0 Å². The predicted molar refractivity (Wildman–Crippen MR) is 75.8 cm³/mol. The Labute approximate surface area is 112 Å². The standard InChI is InChI=1S/C15H18N2O2/c1-2-3-4-7-11(10-14(18)19)15-16-12-8-5-6-9-13(12)17-15/h5-6,8-10H,2-4,7H2,1H3,(H,16,17)(H,18,19). The van der Waals surface area contributed by atoms with E-state index in [0.717, 1.165) is 42.3 Å². The summed E-state index contributed by atoms with van der Waals surface area (Å²) in [5.74, 6) is -0.258. The number of carboxylic acids is 1. The molecule has 0 bridgehead atoms. The van der Waals surface area contributed by atoms with Crippen molar-refractivity contribution in [2.24, 2.45) is 0 Å². The van der Waals surface area contributed by atoms with Crippen molar-refractivity contribution in [2.75, 3.05) is 0 Å². The van der Waals surface area contributed by atoms with E-state index in [-0.39, 0.29) is 0 Å². The molecule has 0 amide bonds. The molecule has 0 unspecified atom stereocenters. The summed E-state index contributed by atoms with van der Waals surface area (Å²) < 4.78 is 0. The molecule has 0 aliphatic rings. The van der Waals surface area contributed by atoms with Crippen LogP contribution in [0.3, 0.4) is 0 Å². The summed E-state index contributed by atoms with van der Waals surface area (Å²) in [6.45, 7) is 2.13. The van der Waals surface area contributed by atoms with E-state index in [0.29, 0.717) is 5.82 Å². The number of unbranched alkanes of at least 4 members (excludes halogenated alkanes) is 2. The van der Waals surface area contributed by atoms with Crippen molar-refractivity contribution in [3.8, 4) is 0 Å². The van der Waals surface area contributed by atoms with Gasteiger partial charge in [0.2, 0.25) is 0 Å². The summed E-state index contributed by atoms with van der Waals surface area (Å²) >= 11 is 0. The van der Waals surface area contributed by atoms with Gasteiger partial charge < -0.3 is 10.1 Å². The van der Waals surface area contributed by atoms with Crippen LogP contribution in [-0.2, 0) is 4.79 Å². The van der Waals surface area contributed by atoms with Crippen LogP contribution < -0.4 is 0 Å². The minimum atomic E-state index is -0.924. The van der Waals surface area contributed by atoms with Crippen LogP contribution in [0.5, 0.6) is 0 Å². The predicted octanol–water partition coefficient (Wildman–Crippen LogP) is 3.61. The Morgan fingerprint density at radius 1 is 1.37 bits per heavy atom. The number of benzene rings is 1. The second-order valence-electron chi connectivity index (χ2n) is 4.57. The molecule has 0 atom stereocenters. The Balaban J connectivity index is 2.28. The van der Waals surface area contributed by atoms with E-state index < -0.39 is 5.97 Å². The van der Waals surface area contributed by atoms with Gasteiger partial charge >= 0.3 is 5.97 Å². The van der Waals surface area contributed by atoms with Gasteiger partial charge in [0.1, 0.15) is 5.82 Å². The zero-order valence-corrected chi connectivity index (χ0v) is 11.0. The Morgan fingerprint density at radius 2 is 2.16 bits per heavy atom. The van der Waals surface area contributed by atoms with Crippen LogP contribution in [0.1, 0.15) is 38.4 Å². The van der Waals surface area contributed by atoms with Gasteiger partial charge in [-0.2, -0.15) is 0 Å². The average molecular weight is 258 g/mol. The zero-order valence-electron chi connectivity index (χ0n) is 11.0. The zero-order chi connectivity index (χ0) is 13.7. The van der Waals surface area contributed by atoms with Crippen LogP contribution in [0.25, 0.3) is 16.6 Å². The van der Waals surface area contributed by atoms with Gasteiger partial charge in [0.25, 0.3) is 0 Å². The third kappa shape index (κ3) is 3.44. The van der Waals surface area contributed by atoms with Gasteiger partial charge in [-0.25, -0.2) is 9.78 Å². The second-order valence-corrected chi connectivity index (χ2v) is 4.57. The maximum absolute atomic E-state index is 10.9. The van der Waals surface area contributed by atoms with E-state index in [1.807, 2.05) is 24.3 Å². The maximum Gasteiger partial charge on any atom is 0.328 e. The first-order chi connectivity index (χ1) is 9.20. The molecule has 2 aromatic rings. The largest absolute Gasteiger partial charge is 0.478 e. The number of nitrogens with zero attached hydrogens (tertiary/aromatic N) is 1. The number of H-pyrrole nitrogens is 1. The number of allylic oxidation sites excluding steroid dienone is 1. The lowest BCUT2D eigenvalue weighted by Crippen LogP contribution is -1.95. The van der Waals surface area contributed by atoms with Crippen molar-refractivity contribution < 1.29 is 9.90 Å². The first-order valence-electron chi connectivity index (χ1n) is 6.59. The first-order valence-corrected chi connectivity index (χ1v) is 6.59. The summed E-state index contributed by atoms with van der Waals surface area (Å²) in [6, 6.07) is 7.71. The normalized spacial score (nSPS) is 11.9. The van der Waals surface area contributed by atoms with Gasteiger partial charge in [-0.1, -0.05) is 31.9 Å². The highest BCUT2D eigenvalue weighted by atomic mass is 16.4. The molecular weight excluding hydrogens is 240 g/mol. The number of aromatic nitrogens is 2. The molecule has 0 saturated heterocycles. The highest BCUT2D eigenvalue weighted by Gasteiger charge is 2.09. The summed E-state index contributed by atoms with van der Waals surface area (Å²) in [5, 5.41) is 8.96. The van der Waals surface area contributed by atoms with Crippen LogP contribution >= 0.6 is 0 Å². The molecule has 19 heavy (non-hydrogen) atoms. The van der Waals surface area contributed by atoms with Crippen molar-refractivity contribution in [3.05, 3.63) is 36.2 Å². The van der Waals surface area contributed by atoms with Gasteiger partial charge in [0, 0.05) is 11.6 Å². The maximum atomic E-state index is 10.9. The fraction of sp³-hybridized carbons (Fsp3) is 0.333. The summed E-state index contributed by atoms with van der Waals surface area (Å²) in [4.78, 5) is 18.6. The Bertz CT molecular complexity index is 566. The number of nitrogens with one attached hydrogen (secondary N) is 1. The lowest BCUT2D eigenvalue weighted by atomic mass is 10.1. The highest BCUT2D eigenvalue weighted by molar-refractivity contribution is 5.90. The number of rotatable bonds is 6. The molecule has 0 radical (unpaired) electrons. The quantitative estimate of drug-likeness (QED) is 0.614. The van der Waals surface area contributed by atoms with Crippen LogP contribution in [0.2, 0.25) is 0 Å². The minimum Gasteiger partial charge on any atom is -0.478 e. The molecule has 2 N–H and O–H groups in total. The topological polar surface area (TPSA) is 66.0 Å². The van der Waals surface area contributed by atoms with Gasteiger partial charge in [-0.05, 0) is 25.0 Å². The van der Waals surface area contributed by atoms with Crippen LogP contribution in [0.4, 0.5) is 0 Å². The summed E-state index contributed by atoms with van der Waals surface area (Å²) in [6.07, 6.45) is 5.18. The number of carboxylic acid groups (broad SMARTS) is 1. The van der Waals surface area contributed by atoms with Crippen LogP contribution in [0, 0.1) is 0 Å². The van der Waals surface area contributed by atoms with Crippen LogP contribution in [0.15, 0.2) is 30.3 Å². The number of aliphatic carboxylic acids is 1. The number of aromatic amines is 1. The van der Waals surface area contributed by atoms with Crippen molar-refractivity contribution in [3.63, 3.8) is 0 Å². The van der Waals surface area contributed by atoms with E-state index in [1.165, 1.54) is 6.08 Å². The molecule has 0 aliphatic carbocycles. The molecule has 0 aliphatic heterocycles. The molecule has 1 heterocycles. The molecule has 4 nitrogen and oxygen atoms in total. The number of hydrogen-bond donors (Lipinski definition) is 2. The van der Waals surface area contributed by atoms with Crippen molar-refractivity contribution in [1.29, 1.82) is 0 Å². The van der Waals surface area contributed by atoms with E-state index in [1.54, 1.807) is 0 Å². The number of fused-ring (bicyclic) bond motifs is 1. The molecule has 0 fully saturated rings. The lowest BCUT2D eigenvalue weighted by molar-refractivity contribution is -0.131. The number of hydrogen-bond acceptors (Lipinski definition) is 2. The molecule has 100 valence electrons. The van der Waals surface area contributed by atoms with Gasteiger partial charge in [-0.15, -0.1) is 0 Å². The first kappa shape index (κ1) is 13.3. The summed E-state index contributed by atoms with van der Waals surface area (Å²) in [5.41, 5.74) is 2.56. The fourth-order valence-corrected chi connectivity index (χ4v) is 2.08. The number of imidazole rings is 1. The van der Waals surface area contributed by atoms with E-state index in [2.05, 4.69) is 16.9 Å². The second kappa shape index (κ2) is 6.18. The Kier molecular flexibility index (Phi) is 4.34. The minimum absolute atomic E-state index is 0.666. The van der Waals surface area contributed by atoms with Crippen molar-refractivity contribution in [1.82, 2.24) is 9.97 Å². The molecule has 0 spiro atoms. The van der Waals surface area contributed by atoms with Gasteiger partial charge in [-0.3, -0.25) is 0 Å². The van der Waals surface area contributed by atoms with Gasteiger partial charge in [0.05, 0.1) is 11.0 Å². The van der Waals surface area contributed by atoms with Crippen LogP contribution in [-0.4, -0.2) is 21.0 Å². The Hall–Kier alpha value is -2.10. The fourth-order valence-electron chi connectivity index (χ4n) is 2.08. The monoisotopic (exact) mass is 258 g/mol. The molecule has 1 aromatic carbocycles. The molecule has 4 heteroatoms. The number of carbonyl (C=O) groups is 1. The average Bonchev–Trinajstić information content (AvgIpc) is 2.81. The third-order valence-corrected chi connectivity index (χ3v) is 3.04. The molecule has 0 saturated carbocycles.